The monoisotopic (exact) mass is 449 g/mol. The molecule has 2 aromatic carbocycles. The standard InChI is InChI=1S/C25H24ClN3O3/c26-19-11-12-20(24(31)28-13-5-2-6-14-28)22(16-19)27-23(30)21-10-7-15-29(25(21)32)17-18-8-3-1-4-9-18/h1,3-4,7-12,15-16H,2,5-6,13-14,17H2,(H,27,30). The van der Waals surface area contributed by atoms with Gasteiger partial charge in [0.2, 0.25) is 0 Å². The summed E-state index contributed by atoms with van der Waals surface area (Å²) in [6.45, 7) is 1.74. The van der Waals surface area contributed by atoms with Gasteiger partial charge in [0.25, 0.3) is 17.4 Å². The van der Waals surface area contributed by atoms with E-state index in [0.717, 1.165) is 24.8 Å². The second kappa shape index (κ2) is 9.83. The van der Waals surface area contributed by atoms with Gasteiger partial charge in [0.05, 0.1) is 17.8 Å². The average Bonchev–Trinajstić information content (AvgIpc) is 2.81. The number of piperidine rings is 1. The second-order valence-corrected chi connectivity index (χ2v) is 8.27. The lowest BCUT2D eigenvalue weighted by Crippen LogP contribution is -2.36. The highest BCUT2D eigenvalue weighted by atomic mass is 35.5. The maximum atomic E-state index is 13.0. The third kappa shape index (κ3) is 4.92. The zero-order valence-electron chi connectivity index (χ0n) is 17.6. The van der Waals surface area contributed by atoms with Crippen molar-refractivity contribution >= 4 is 29.1 Å². The van der Waals surface area contributed by atoms with Crippen molar-refractivity contribution in [2.45, 2.75) is 25.8 Å². The Morgan fingerprint density at radius 2 is 1.66 bits per heavy atom. The van der Waals surface area contributed by atoms with Crippen LogP contribution in [0.3, 0.4) is 0 Å². The maximum absolute atomic E-state index is 13.0. The first-order valence-electron chi connectivity index (χ1n) is 10.7. The largest absolute Gasteiger partial charge is 0.339 e. The molecule has 4 rings (SSSR count). The molecule has 32 heavy (non-hydrogen) atoms. The van der Waals surface area contributed by atoms with E-state index in [1.165, 1.54) is 10.6 Å². The highest BCUT2D eigenvalue weighted by molar-refractivity contribution is 6.31. The van der Waals surface area contributed by atoms with Crippen LogP contribution in [0.25, 0.3) is 0 Å². The van der Waals surface area contributed by atoms with Gasteiger partial charge in [0.1, 0.15) is 5.56 Å². The van der Waals surface area contributed by atoms with Crippen molar-refractivity contribution in [2.75, 3.05) is 18.4 Å². The number of amides is 2. The van der Waals surface area contributed by atoms with E-state index in [0.29, 0.717) is 35.9 Å². The van der Waals surface area contributed by atoms with E-state index >= 15 is 0 Å². The number of pyridine rings is 1. The predicted octanol–water partition coefficient (Wildman–Crippen LogP) is 4.43. The third-order valence-electron chi connectivity index (χ3n) is 5.56. The van der Waals surface area contributed by atoms with Gasteiger partial charge in [-0.05, 0) is 55.2 Å². The lowest BCUT2D eigenvalue weighted by Gasteiger charge is -2.27. The minimum Gasteiger partial charge on any atom is -0.339 e. The normalized spacial score (nSPS) is 13.6. The van der Waals surface area contributed by atoms with Crippen LogP contribution in [0.1, 0.15) is 45.5 Å². The van der Waals surface area contributed by atoms with E-state index in [9.17, 15) is 14.4 Å². The highest BCUT2D eigenvalue weighted by Gasteiger charge is 2.22. The van der Waals surface area contributed by atoms with Crippen molar-refractivity contribution in [1.29, 1.82) is 0 Å². The Morgan fingerprint density at radius 3 is 2.41 bits per heavy atom. The van der Waals surface area contributed by atoms with Crippen molar-refractivity contribution in [3.05, 3.63) is 98.9 Å². The Kier molecular flexibility index (Phi) is 6.71. The van der Waals surface area contributed by atoms with Crippen LogP contribution in [0, 0.1) is 0 Å². The number of hydrogen-bond donors (Lipinski definition) is 1. The molecule has 164 valence electrons. The Bertz CT molecular complexity index is 1180. The van der Waals surface area contributed by atoms with Crippen molar-refractivity contribution in [2.24, 2.45) is 0 Å². The topological polar surface area (TPSA) is 71.4 Å². The van der Waals surface area contributed by atoms with Gasteiger partial charge in [-0.3, -0.25) is 14.4 Å². The number of carbonyl (C=O) groups is 2. The zero-order valence-corrected chi connectivity index (χ0v) is 18.3. The zero-order chi connectivity index (χ0) is 22.5. The van der Waals surface area contributed by atoms with Crippen molar-refractivity contribution < 1.29 is 9.59 Å². The van der Waals surface area contributed by atoms with E-state index in [1.54, 1.807) is 35.4 Å². The molecule has 0 bridgehead atoms. The van der Waals surface area contributed by atoms with Gasteiger partial charge in [0, 0.05) is 24.3 Å². The first kappa shape index (κ1) is 21.8. The number of carbonyl (C=O) groups excluding carboxylic acids is 2. The first-order valence-corrected chi connectivity index (χ1v) is 11.0. The second-order valence-electron chi connectivity index (χ2n) is 7.84. The summed E-state index contributed by atoms with van der Waals surface area (Å²) in [4.78, 5) is 40.8. The van der Waals surface area contributed by atoms with E-state index < -0.39 is 11.5 Å². The predicted molar refractivity (Wildman–Crippen MR) is 125 cm³/mol. The Morgan fingerprint density at radius 1 is 0.906 bits per heavy atom. The summed E-state index contributed by atoms with van der Waals surface area (Å²) in [6.07, 6.45) is 4.69. The first-order chi connectivity index (χ1) is 15.5. The number of aromatic nitrogens is 1. The van der Waals surface area contributed by atoms with E-state index in [4.69, 9.17) is 11.6 Å². The van der Waals surface area contributed by atoms with Gasteiger partial charge in [-0.25, -0.2) is 0 Å². The van der Waals surface area contributed by atoms with Gasteiger partial charge < -0.3 is 14.8 Å². The number of nitrogens with one attached hydrogen (secondary N) is 1. The lowest BCUT2D eigenvalue weighted by atomic mass is 10.1. The van der Waals surface area contributed by atoms with Crippen molar-refractivity contribution in [1.82, 2.24) is 9.47 Å². The summed E-state index contributed by atoms with van der Waals surface area (Å²) < 4.78 is 1.49. The fourth-order valence-electron chi connectivity index (χ4n) is 3.88. The summed E-state index contributed by atoms with van der Waals surface area (Å²) in [5.41, 5.74) is 1.22. The highest BCUT2D eigenvalue weighted by Crippen LogP contribution is 2.24. The fourth-order valence-corrected chi connectivity index (χ4v) is 4.05. The molecule has 3 aromatic rings. The molecule has 1 aliphatic heterocycles. The molecule has 1 fully saturated rings. The quantitative estimate of drug-likeness (QED) is 0.626. The van der Waals surface area contributed by atoms with Gasteiger partial charge >= 0.3 is 0 Å². The minimum absolute atomic E-state index is 0.000205. The molecule has 1 saturated heterocycles. The molecule has 6 nitrogen and oxygen atoms in total. The Hall–Kier alpha value is -3.38. The molecular weight excluding hydrogens is 426 g/mol. The molecule has 1 aromatic heterocycles. The van der Waals surface area contributed by atoms with E-state index in [1.807, 2.05) is 30.3 Å². The number of halogens is 1. The molecule has 0 radical (unpaired) electrons. The summed E-state index contributed by atoms with van der Waals surface area (Å²) in [7, 11) is 0. The van der Waals surface area contributed by atoms with Crippen LogP contribution in [0.15, 0.2) is 71.7 Å². The Labute approximate surface area is 191 Å². The number of likely N-dealkylation sites (tertiary alicyclic amines) is 1. The van der Waals surface area contributed by atoms with Crippen LogP contribution in [-0.4, -0.2) is 34.4 Å². The van der Waals surface area contributed by atoms with Crippen LogP contribution in [-0.2, 0) is 6.54 Å². The molecule has 7 heteroatoms. The number of anilines is 1. The van der Waals surface area contributed by atoms with Crippen LogP contribution in [0.4, 0.5) is 5.69 Å². The van der Waals surface area contributed by atoms with Crippen LogP contribution in [0.5, 0.6) is 0 Å². The van der Waals surface area contributed by atoms with Gasteiger partial charge in [-0.2, -0.15) is 0 Å². The molecule has 0 aliphatic carbocycles. The number of benzene rings is 2. The molecule has 0 atom stereocenters. The fraction of sp³-hybridized carbons (Fsp3) is 0.240. The number of hydrogen-bond acceptors (Lipinski definition) is 3. The summed E-state index contributed by atoms with van der Waals surface area (Å²) in [6, 6.07) is 17.5. The molecule has 1 N–H and O–H groups in total. The number of rotatable bonds is 5. The molecule has 2 amide bonds. The molecule has 0 saturated carbocycles. The molecule has 0 spiro atoms. The van der Waals surface area contributed by atoms with Crippen molar-refractivity contribution in [3.8, 4) is 0 Å². The van der Waals surface area contributed by atoms with Crippen molar-refractivity contribution in [3.63, 3.8) is 0 Å². The average molecular weight is 450 g/mol. The van der Waals surface area contributed by atoms with Crippen LogP contribution < -0.4 is 10.9 Å². The van der Waals surface area contributed by atoms with Gasteiger partial charge in [-0.1, -0.05) is 41.9 Å². The van der Waals surface area contributed by atoms with E-state index in [-0.39, 0.29) is 11.5 Å². The summed E-state index contributed by atoms with van der Waals surface area (Å²) in [5, 5.41) is 3.13. The smallest absolute Gasteiger partial charge is 0.263 e. The minimum atomic E-state index is -0.577. The van der Waals surface area contributed by atoms with Crippen LogP contribution in [0.2, 0.25) is 5.02 Å². The molecule has 1 aliphatic rings. The molecule has 2 heterocycles. The summed E-state index contributed by atoms with van der Waals surface area (Å²) >= 11 is 6.14. The SMILES string of the molecule is O=C(Nc1cc(Cl)ccc1C(=O)N1CCCCC1)c1cccn(Cc2ccccc2)c1=O. The lowest BCUT2D eigenvalue weighted by molar-refractivity contribution is 0.0725. The molecule has 0 unspecified atom stereocenters. The summed E-state index contributed by atoms with van der Waals surface area (Å²) in [5.74, 6) is -0.724. The number of nitrogens with zero attached hydrogens (tertiary/aromatic N) is 2. The third-order valence-corrected chi connectivity index (χ3v) is 5.80. The van der Waals surface area contributed by atoms with Crippen LogP contribution >= 0.6 is 11.6 Å². The van der Waals surface area contributed by atoms with E-state index in [2.05, 4.69) is 5.32 Å². The maximum Gasteiger partial charge on any atom is 0.263 e. The molecular formula is C25H24ClN3O3. The van der Waals surface area contributed by atoms with Gasteiger partial charge in [-0.15, -0.1) is 0 Å². The van der Waals surface area contributed by atoms with Gasteiger partial charge in [0.15, 0.2) is 0 Å². The Balaban J connectivity index is 1.59.